The van der Waals surface area contributed by atoms with Gasteiger partial charge in [-0.05, 0) is 87.7 Å². The highest BCUT2D eigenvalue weighted by Gasteiger charge is 2.45. The molecule has 1 saturated heterocycles. The molecule has 626 valence electrons. The summed E-state index contributed by atoms with van der Waals surface area (Å²) in [6, 6.07) is -4.46. The van der Waals surface area contributed by atoms with E-state index >= 15 is 14.4 Å². The monoisotopic (exact) mass is 1600 g/mol. The van der Waals surface area contributed by atoms with E-state index in [1.54, 1.807) is 78.8 Å². The topological polar surface area (TPSA) is 608 Å². The molecule has 22 N–H and O–H groups in total. The highest BCUT2D eigenvalue weighted by atomic mass is 19.4. The zero-order valence-corrected chi connectivity index (χ0v) is 64.6. The van der Waals surface area contributed by atoms with Crippen LogP contribution in [0.2, 0.25) is 0 Å². The predicted molar refractivity (Wildman–Crippen MR) is 391 cm³/mol. The molecule has 2 aromatic carbocycles. The Hall–Kier alpha value is -10.8. The molecule has 1 fully saturated rings. The molecule has 0 bridgehead atoms. The van der Waals surface area contributed by atoms with Gasteiger partial charge in [0.25, 0.3) is 0 Å². The van der Waals surface area contributed by atoms with Crippen molar-refractivity contribution in [2.75, 3.05) is 19.7 Å². The second-order valence-electron chi connectivity index (χ2n) is 29.3. The van der Waals surface area contributed by atoms with Crippen LogP contribution in [-0.4, -0.2) is 231 Å². The molecule has 3 rings (SSSR count). The molecule has 0 radical (unpaired) electrons. The average Bonchev–Trinajstić information content (AvgIpc) is 0.810. The number of nitrogens with one attached hydrogen (secondary N) is 11. The maximum Gasteiger partial charge on any atom is 0.490 e. The van der Waals surface area contributed by atoms with Crippen LogP contribution in [0.1, 0.15) is 146 Å². The molecule has 38 nitrogen and oxygen atoms in total. The SMILES string of the molecule is CC[C@H](C)C1NC(=O)[C@@H](CCCN=C(N)N)NC(=O)[C@H](CC(C)C)NC(=O)[C@H]([C@H](O)C(C)C)NC(=O)[C@@H](NC(=O)[C@H](CC(=O)OC(C)(C)C)NC(=O)[C@@H](CC(C)(C)C)NC(=O)OCc2ccccc2)[C@@H](c2ccccc2)OC(=O)[C@H](CO)NC(=O)[C@H]([C@H](O)C(N)=O)NC(=O)CNC(=O)C([C@H](C)O)NC1=O.O=C(O)C(F)(F)F. The number of alkyl carbamates (subject to hydrolysis) is 1. The molecule has 12 amide bonds. The van der Waals surface area contributed by atoms with Crippen LogP contribution in [0, 0.1) is 23.2 Å². The first-order valence-electron chi connectivity index (χ1n) is 35.7. The third-order valence-electron chi connectivity index (χ3n) is 16.4. The zero-order valence-electron chi connectivity index (χ0n) is 64.6. The van der Waals surface area contributed by atoms with Crippen LogP contribution >= 0.6 is 0 Å². The van der Waals surface area contributed by atoms with Gasteiger partial charge in [0.1, 0.15) is 66.6 Å². The number of carboxylic acid groups (broad SMARTS) is 1. The van der Waals surface area contributed by atoms with Crippen LogP contribution in [0.3, 0.4) is 0 Å². The lowest BCUT2D eigenvalue weighted by atomic mass is 9.87. The summed E-state index contributed by atoms with van der Waals surface area (Å²) in [5.41, 5.74) is 14.9. The summed E-state index contributed by atoms with van der Waals surface area (Å²) in [6.45, 7) is 17.3. The van der Waals surface area contributed by atoms with Crippen molar-refractivity contribution >= 4 is 94.9 Å². The number of carbonyl (C=O) groups excluding carboxylic acids is 14. The van der Waals surface area contributed by atoms with Crippen molar-refractivity contribution in [1.29, 1.82) is 0 Å². The molecular weight excluding hydrogens is 1490 g/mol. The third-order valence-corrected chi connectivity index (χ3v) is 16.4. The number of carbonyl (C=O) groups is 15. The Labute approximate surface area is 644 Å². The molecule has 0 spiro atoms. The van der Waals surface area contributed by atoms with Crippen molar-refractivity contribution < 1.29 is 125 Å². The van der Waals surface area contributed by atoms with Gasteiger partial charge in [-0.25, -0.2) is 14.4 Å². The Morgan fingerprint density at radius 1 is 0.652 bits per heavy atom. The number of aliphatic hydroxyl groups is 4. The number of primary amides is 1. The Balaban J connectivity index is 0.00000578. The number of halogens is 3. The minimum Gasteiger partial charge on any atom is -0.475 e. The van der Waals surface area contributed by atoms with Crippen LogP contribution in [0.25, 0.3) is 0 Å². The van der Waals surface area contributed by atoms with E-state index in [9.17, 15) is 86.3 Å². The fourth-order valence-electron chi connectivity index (χ4n) is 10.4. The van der Waals surface area contributed by atoms with Crippen LogP contribution < -0.4 is 75.7 Å². The summed E-state index contributed by atoms with van der Waals surface area (Å²) in [4.78, 5) is 214. The maximum atomic E-state index is 15.7. The van der Waals surface area contributed by atoms with Crippen molar-refractivity contribution in [1.82, 2.24) is 58.5 Å². The van der Waals surface area contributed by atoms with Crippen molar-refractivity contribution in [2.24, 2.45) is 45.4 Å². The number of carboxylic acids is 1. The number of aliphatic hydroxyl groups excluding tert-OH is 4. The zero-order chi connectivity index (χ0) is 85.5. The van der Waals surface area contributed by atoms with Gasteiger partial charge in [0.05, 0.1) is 31.8 Å². The van der Waals surface area contributed by atoms with E-state index in [1.165, 1.54) is 65.0 Å². The summed E-state index contributed by atoms with van der Waals surface area (Å²) in [5.74, 6) is -22.3. The van der Waals surface area contributed by atoms with Crippen molar-refractivity contribution in [3.63, 3.8) is 0 Å². The summed E-state index contributed by atoms with van der Waals surface area (Å²) in [5, 5.41) is 77.7. The number of ether oxygens (including phenoxy) is 3. The van der Waals surface area contributed by atoms with Gasteiger partial charge in [-0.1, -0.05) is 129 Å². The average molecular weight is 1600 g/mol. The maximum absolute atomic E-state index is 15.7. The van der Waals surface area contributed by atoms with Crippen molar-refractivity contribution in [3.8, 4) is 0 Å². The van der Waals surface area contributed by atoms with Crippen LogP contribution in [0.15, 0.2) is 65.7 Å². The number of alkyl halides is 3. The second-order valence-corrected chi connectivity index (χ2v) is 29.3. The normalized spacial score (nSPS) is 22.2. The third kappa shape index (κ3) is 34.6. The number of rotatable bonds is 25. The Morgan fingerprint density at radius 3 is 1.69 bits per heavy atom. The summed E-state index contributed by atoms with van der Waals surface area (Å²) in [6.07, 6.45) is -16.1. The van der Waals surface area contributed by atoms with E-state index in [1.807, 2.05) is 10.6 Å². The van der Waals surface area contributed by atoms with Gasteiger partial charge in [-0.15, -0.1) is 0 Å². The first-order chi connectivity index (χ1) is 51.9. The molecule has 1 heterocycles. The summed E-state index contributed by atoms with van der Waals surface area (Å²) < 4.78 is 48.7. The molecule has 0 aliphatic carbocycles. The van der Waals surface area contributed by atoms with Crippen molar-refractivity contribution in [3.05, 3.63) is 71.8 Å². The van der Waals surface area contributed by atoms with Gasteiger partial charge in [-0.2, -0.15) is 13.2 Å². The number of nitrogens with zero attached hydrogens (tertiary/aromatic N) is 1. The molecule has 0 aromatic heterocycles. The second kappa shape index (κ2) is 45.5. The van der Waals surface area contributed by atoms with E-state index in [-0.39, 0.29) is 56.8 Å². The number of nitrogens with two attached hydrogens (primary N) is 3. The lowest BCUT2D eigenvalue weighted by Crippen LogP contribution is -2.64. The Bertz CT molecular complexity index is 3580. The highest BCUT2D eigenvalue weighted by Crippen LogP contribution is 2.26. The molecule has 2 unspecified atom stereocenters. The van der Waals surface area contributed by atoms with Gasteiger partial charge in [0.2, 0.25) is 65.0 Å². The number of amides is 12. The number of hydrogen-bond acceptors (Lipinski definition) is 23. The molecule has 15 atom stereocenters. The Morgan fingerprint density at radius 2 is 1.18 bits per heavy atom. The standard InChI is InChI=1S/C69H107N15O21.C2HF3O2/c1-14-36(6)47-61(97)82-48(37(7)86)60(96)74-31-45(87)80-50(53(90)55(70)91)63(99)78-44(32-85)65(101)104-54(39-24-19-16-20-25-39)51(64(100)83-49(52(89)35(4)5)62(98)77-41(28-34(2)3)57(93)75-40(56(92)81-47)26-21-27-73-66(71)72)84-58(94)42(29-46(88)105-69(11,12)13)76-59(95)43(30-68(8,9)10)79-67(102)103-33-38-22-17-15-18-23-38;3-2(4,5)1(6)7/h15-20,22-25,34-37,40-44,47-54,85-86,89-90H,14,21,26-33H2,1-13H3,(H2,70,91)(H,74,96)(H,75,93)(H,76,95)(H,77,98)(H,78,99)(H,79,102)(H,80,87)(H,81,92)(H,82,97)(H,83,100)(H,84,94)(H4,71,72,73);(H,6,7)/t36-,37-,40+,41-,42-,43+,44-,47?,48?,49-,50-,51-,52+,53-,54+;/m0./s1. The summed E-state index contributed by atoms with van der Waals surface area (Å²) in [7, 11) is 0. The smallest absolute Gasteiger partial charge is 0.475 e. The number of hydrogen-bond donors (Lipinski definition) is 19. The lowest BCUT2D eigenvalue weighted by molar-refractivity contribution is -0.192. The largest absolute Gasteiger partial charge is 0.490 e. The molecule has 0 saturated carbocycles. The van der Waals surface area contributed by atoms with Gasteiger partial charge in [0.15, 0.2) is 24.2 Å². The number of aliphatic imine (C=N–C) groups is 1. The fraction of sp³-hybridized carbons (Fsp3) is 0.606. The van der Waals surface area contributed by atoms with Crippen LogP contribution in [-0.2, 0) is 87.9 Å². The highest BCUT2D eigenvalue weighted by molar-refractivity contribution is 6.01. The number of esters is 2. The van der Waals surface area contributed by atoms with E-state index in [4.69, 9.17) is 41.3 Å². The summed E-state index contributed by atoms with van der Waals surface area (Å²) >= 11 is 0. The quantitative estimate of drug-likeness (QED) is 0.0157. The van der Waals surface area contributed by atoms with Gasteiger partial charge >= 0.3 is 30.2 Å². The first kappa shape index (κ1) is 97.3. The molecule has 1 aliphatic heterocycles. The number of benzene rings is 2. The van der Waals surface area contributed by atoms with E-state index in [0.717, 1.165) is 6.92 Å². The molecule has 2 aromatic rings. The first-order valence-corrected chi connectivity index (χ1v) is 35.7. The Kier molecular flexibility index (Phi) is 39.5. The predicted octanol–water partition coefficient (Wildman–Crippen LogP) is -2.76. The fourth-order valence-corrected chi connectivity index (χ4v) is 10.4. The lowest BCUT2D eigenvalue weighted by Gasteiger charge is -2.34. The van der Waals surface area contributed by atoms with Crippen LogP contribution in [0.5, 0.6) is 0 Å². The number of aliphatic carboxylic acids is 1. The van der Waals surface area contributed by atoms with E-state index in [2.05, 4.69) is 52.8 Å². The number of cyclic esters (lactones) is 1. The molecule has 112 heavy (non-hydrogen) atoms. The van der Waals surface area contributed by atoms with Crippen LogP contribution in [0.4, 0.5) is 18.0 Å². The van der Waals surface area contributed by atoms with E-state index in [0.29, 0.717) is 5.56 Å². The molecular formula is C71H108F3N15O23. The number of guanidine groups is 1. The van der Waals surface area contributed by atoms with Crippen molar-refractivity contribution in [2.45, 2.75) is 232 Å². The minimum absolute atomic E-state index is 0.00379. The molecule has 41 heteroatoms. The van der Waals surface area contributed by atoms with Gasteiger partial charge in [-0.3, -0.25) is 62.5 Å². The molecule has 1 aliphatic rings. The minimum atomic E-state index is -5.08. The van der Waals surface area contributed by atoms with Gasteiger partial charge < -0.3 is 115 Å². The van der Waals surface area contributed by atoms with Gasteiger partial charge in [0, 0.05) is 6.54 Å². The van der Waals surface area contributed by atoms with E-state index < -0.39 is 228 Å².